The van der Waals surface area contributed by atoms with Crippen LogP contribution < -0.4 is 5.32 Å². The van der Waals surface area contributed by atoms with Crippen molar-refractivity contribution < 1.29 is 4.74 Å². The predicted molar refractivity (Wildman–Crippen MR) is 72.1 cm³/mol. The predicted octanol–water partition coefficient (Wildman–Crippen LogP) is 3.07. The lowest BCUT2D eigenvalue weighted by Crippen LogP contribution is -2.36. The molecule has 0 bridgehead atoms. The molecule has 0 aromatic carbocycles. The number of rotatable bonds is 8. The van der Waals surface area contributed by atoms with Crippen molar-refractivity contribution in [1.29, 1.82) is 0 Å². The summed E-state index contributed by atoms with van der Waals surface area (Å²) in [6.45, 7) is 7.81. The van der Waals surface area contributed by atoms with Gasteiger partial charge in [0.2, 0.25) is 0 Å². The zero-order chi connectivity index (χ0) is 12.3. The van der Waals surface area contributed by atoms with Crippen LogP contribution in [0.25, 0.3) is 0 Å². The maximum absolute atomic E-state index is 5.11. The number of fused-ring (bicyclic) bond motifs is 1. The topological polar surface area (TPSA) is 21.3 Å². The van der Waals surface area contributed by atoms with Gasteiger partial charge in [0.1, 0.15) is 0 Å². The van der Waals surface area contributed by atoms with Crippen LogP contribution in [0.2, 0.25) is 0 Å². The highest BCUT2D eigenvalue weighted by molar-refractivity contribution is 5.04. The fourth-order valence-electron chi connectivity index (χ4n) is 3.80. The zero-order valence-electron chi connectivity index (χ0n) is 11.8. The Bertz CT molecular complexity index is 231. The van der Waals surface area contributed by atoms with Gasteiger partial charge in [-0.05, 0) is 48.9 Å². The van der Waals surface area contributed by atoms with Crippen molar-refractivity contribution in [1.82, 2.24) is 5.32 Å². The SMILES string of the molecule is CCC(C)CC1(CNCCOC)CC2CC2C1. The highest BCUT2D eigenvalue weighted by Crippen LogP contribution is 2.61. The van der Waals surface area contributed by atoms with Crippen molar-refractivity contribution in [3.63, 3.8) is 0 Å². The molecular formula is C15H29NO. The normalized spacial score (nSPS) is 36.9. The Morgan fingerprint density at radius 2 is 2.06 bits per heavy atom. The van der Waals surface area contributed by atoms with Crippen LogP contribution in [0.5, 0.6) is 0 Å². The number of methoxy groups -OCH3 is 1. The van der Waals surface area contributed by atoms with Gasteiger partial charge in [-0.25, -0.2) is 0 Å². The third-order valence-corrected chi connectivity index (χ3v) is 4.92. The summed E-state index contributed by atoms with van der Waals surface area (Å²) < 4.78 is 5.11. The first-order valence-corrected chi connectivity index (χ1v) is 7.39. The van der Waals surface area contributed by atoms with E-state index in [1.54, 1.807) is 7.11 Å². The first kappa shape index (κ1) is 13.4. The largest absolute Gasteiger partial charge is 0.383 e. The molecule has 2 aliphatic carbocycles. The average Bonchev–Trinajstić information content (AvgIpc) is 2.93. The molecule has 0 radical (unpaired) electrons. The Balaban J connectivity index is 1.80. The molecule has 2 aliphatic rings. The Hall–Kier alpha value is -0.0800. The molecule has 2 saturated carbocycles. The number of hydrogen-bond donors (Lipinski definition) is 1. The van der Waals surface area contributed by atoms with Gasteiger partial charge in [-0.2, -0.15) is 0 Å². The van der Waals surface area contributed by atoms with Crippen LogP contribution in [0.4, 0.5) is 0 Å². The maximum atomic E-state index is 5.11. The van der Waals surface area contributed by atoms with Gasteiger partial charge in [-0.3, -0.25) is 0 Å². The minimum atomic E-state index is 0.622. The Labute approximate surface area is 107 Å². The first-order valence-electron chi connectivity index (χ1n) is 7.39. The Kier molecular flexibility index (Phi) is 4.48. The summed E-state index contributed by atoms with van der Waals surface area (Å²) in [7, 11) is 1.78. The zero-order valence-corrected chi connectivity index (χ0v) is 11.8. The minimum absolute atomic E-state index is 0.622. The lowest BCUT2D eigenvalue weighted by molar-refractivity contribution is 0.169. The Morgan fingerprint density at radius 1 is 1.35 bits per heavy atom. The summed E-state index contributed by atoms with van der Waals surface area (Å²) in [5.41, 5.74) is 0.622. The summed E-state index contributed by atoms with van der Waals surface area (Å²) in [6.07, 6.45) is 7.26. The van der Waals surface area contributed by atoms with Crippen LogP contribution in [-0.2, 0) is 4.74 Å². The van der Waals surface area contributed by atoms with Crippen molar-refractivity contribution in [2.75, 3.05) is 26.8 Å². The summed E-state index contributed by atoms with van der Waals surface area (Å²) in [6, 6.07) is 0. The number of hydrogen-bond acceptors (Lipinski definition) is 2. The van der Waals surface area contributed by atoms with Gasteiger partial charge in [-0.1, -0.05) is 20.3 Å². The van der Waals surface area contributed by atoms with Crippen molar-refractivity contribution in [3.05, 3.63) is 0 Å². The first-order chi connectivity index (χ1) is 8.19. The smallest absolute Gasteiger partial charge is 0.0587 e. The van der Waals surface area contributed by atoms with Gasteiger partial charge in [0.25, 0.3) is 0 Å². The third-order valence-electron chi connectivity index (χ3n) is 4.92. The van der Waals surface area contributed by atoms with Crippen LogP contribution in [0.15, 0.2) is 0 Å². The molecule has 3 unspecified atom stereocenters. The van der Waals surface area contributed by atoms with E-state index >= 15 is 0 Å². The number of nitrogens with one attached hydrogen (secondary N) is 1. The van der Waals surface area contributed by atoms with E-state index in [2.05, 4.69) is 19.2 Å². The lowest BCUT2D eigenvalue weighted by atomic mass is 9.75. The van der Waals surface area contributed by atoms with Crippen molar-refractivity contribution in [2.45, 2.75) is 46.0 Å². The van der Waals surface area contributed by atoms with Crippen LogP contribution in [0, 0.1) is 23.2 Å². The molecule has 17 heavy (non-hydrogen) atoms. The molecule has 0 aromatic rings. The lowest BCUT2D eigenvalue weighted by Gasteiger charge is -2.34. The summed E-state index contributed by atoms with van der Waals surface area (Å²) >= 11 is 0. The molecule has 1 N–H and O–H groups in total. The van der Waals surface area contributed by atoms with Crippen LogP contribution in [0.3, 0.4) is 0 Å². The molecule has 2 heteroatoms. The average molecular weight is 239 g/mol. The summed E-state index contributed by atoms with van der Waals surface area (Å²) in [5.74, 6) is 3.06. The molecular weight excluding hydrogens is 210 g/mol. The fraction of sp³-hybridized carbons (Fsp3) is 1.00. The molecule has 100 valence electrons. The molecule has 0 aliphatic heterocycles. The van der Waals surface area contributed by atoms with E-state index in [1.807, 2.05) is 0 Å². The van der Waals surface area contributed by atoms with Crippen molar-refractivity contribution in [2.24, 2.45) is 23.2 Å². The second-order valence-corrected chi connectivity index (χ2v) is 6.55. The van der Waals surface area contributed by atoms with Crippen LogP contribution in [-0.4, -0.2) is 26.8 Å². The maximum Gasteiger partial charge on any atom is 0.0587 e. The molecule has 0 spiro atoms. The summed E-state index contributed by atoms with van der Waals surface area (Å²) in [4.78, 5) is 0. The van der Waals surface area contributed by atoms with E-state index in [4.69, 9.17) is 4.74 Å². The van der Waals surface area contributed by atoms with Gasteiger partial charge in [-0.15, -0.1) is 0 Å². The van der Waals surface area contributed by atoms with E-state index in [0.717, 1.165) is 30.9 Å². The molecule has 0 aromatic heterocycles. The quantitative estimate of drug-likeness (QED) is 0.657. The molecule has 3 atom stereocenters. The van der Waals surface area contributed by atoms with E-state index in [1.165, 1.54) is 38.6 Å². The third kappa shape index (κ3) is 3.45. The molecule has 0 heterocycles. The minimum Gasteiger partial charge on any atom is -0.383 e. The summed E-state index contributed by atoms with van der Waals surface area (Å²) in [5, 5.41) is 3.61. The number of ether oxygens (including phenoxy) is 1. The van der Waals surface area contributed by atoms with E-state index in [9.17, 15) is 0 Å². The van der Waals surface area contributed by atoms with Gasteiger partial charge >= 0.3 is 0 Å². The highest BCUT2D eigenvalue weighted by Gasteiger charge is 2.53. The van der Waals surface area contributed by atoms with Gasteiger partial charge in [0.05, 0.1) is 6.61 Å². The van der Waals surface area contributed by atoms with Crippen LogP contribution in [0.1, 0.15) is 46.0 Å². The van der Waals surface area contributed by atoms with Crippen molar-refractivity contribution >= 4 is 0 Å². The van der Waals surface area contributed by atoms with E-state index < -0.39 is 0 Å². The monoisotopic (exact) mass is 239 g/mol. The van der Waals surface area contributed by atoms with Crippen LogP contribution >= 0.6 is 0 Å². The standard InChI is InChI=1S/C15H29NO/c1-4-12(2)8-15(11-16-5-6-17-3)9-13-7-14(13)10-15/h12-14,16H,4-11H2,1-3H3. The van der Waals surface area contributed by atoms with Gasteiger partial charge in [0, 0.05) is 20.2 Å². The van der Waals surface area contributed by atoms with Crippen molar-refractivity contribution in [3.8, 4) is 0 Å². The van der Waals surface area contributed by atoms with Gasteiger partial charge < -0.3 is 10.1 Å². The molecule has 2 nitrogen and oxygen atoms in total. The second-order valence-electron chi connectivity index (χ2n) is 6.55. The highest BCUT2D eigenvalue weighted by atomic mass is 16.5. The second kappa shape index (κ2) is 5.71. The molecule has 2 rings (SSSR count). The van der Waals surface area contributed by atoms with Gasteiger partial charge in [0.15, 0.2) is 0 Å². The molecule has 0 amide bonds. The Morgan fingerprint density at radius 3 is 2.65 bits per heavy atom. The fourth-order valence-corrected chi connectivity index (χ4v) is 3.80. The molecule has 0 saturated heterocycles. The van der Waals surface area contributed by atoms with E-state index in [-0.39, 0.29) is 0 Å². The molecule has 2 fully saturated rings. The van der Waals surface area contributed by atoms with E-state index in [0.29, 0.717) is 5.41 Å².